The lowest BCUT2D eigenvalue weighted by Gasteiger charge is -2.45. The van der Waals surface area contributed by atoms with Crippen LogP contribution in [0.4, 0.5) is 0 Å². The number of rotatable bonds is 5. The largest absolute Gasteiger partial charge is 0.453 e. The summed E-state index contributed by atoms with van der Waals surface area (Å²) < 4.78 is 0.855. The molecule has 0 fully saturated rings. The number of nitrogens with zero attached hydrogens (tertiary/aromatic N) is 1. The summed E-state index contributed by atoms with van der Waals surface area (Å²) in [6.07, 6.45) is 5.96. The third-order valence-corrected chi connectivity index (χ3v) is 2.25. The summed E-state index contributed by atoms with van der Waals surface area (Å²) in [6.45, 7) is 15.8. The molecule has 0 saturated heterocycles. The van der Waals surface area contributed by atoms with Crippen LogP contribution in [0.25, 0.3) is 0 Å². The number of allylic oxidation sites excluding steroid dienone is 2. The molecule has 0 aromatic rings. The van der Waals surface area contributed by atoms with Gasteiger partial charge in [0.15, 0.2) is 0 Å². The van der Waals surface area contributed by atoms with Crippen molar-refractivity contribution in [2.75, 3.05) is 19.6 Å². The normalized spacial score (nSPS) is 16.9. The summed E-state index contributed by atoms with van der Waals surface area (Å²) in [4.78, 5) is 0. The Labute approximate surface area is 89.7 Å². The van der Waals surface area contributed by atoms with Gasteiger partial charge in [0.1, 0.15) is 0 Å². The lowest BCUT2D eigenvalue weighted by molar-refractivity contribution is -0.884. The predicted octanol–water partition coefficient (Wildman–Crippen LogP) is 3.40. The van der Waals surface area contributed by atoms with Gasteiger partial charge in [-0.05, 0) is 13.0 Å². The minimum Gasteiger partial charge on any atom is -0.453 e. The van der Waals surface area contributed by atoms with Crippen molar-refractivity contribution in [1.82, 2.24) is 0 Å². The summed E-state index contributed by atoms with van der Waals surface area (Å²) in [5.74, 6) is 0. The molecule has 0 rings (SSSR count). The summed E-state index contributed by atoms with van der Waals surface area (Å²) >= 11 is 0. The average Bonchev–Trinajstić information content (AvgIpc) is 2.02. The Balaban J connectivity index is 4.32. The van der Waals surface area contributed by atoms with Crippen molar-refractivity contribution in [3.8, 4) is 0 Å². The van der Waals surface area contributed by atoms with Gasteiger partial charge >= 0.3 is 0 Å². The Hall–Kier alpha value is -0.560. The summed E-state index contributed by atoms with van der Waals surface area (Å²) in [6, 6.07) is 0. The molecule has 0 amide bonds. The van der Waals surface area contributed by atoms with Crippen molar-refractivity contribution in [3.63, 3.8) is 0 Å². The Kier molecular flexibility index (Phi) is 5.14. The quantitative estimate of drug-likeness (QED) is 0.358. The van der Waals surface area contributed by atoms with Crippen LogP contribution < -0.4 is 0 Å². The predicted molar refractivity (Wildman–Crippen MR) is 64.7 cm³/mol. The van der Waals surface area contributed by atoms with Gasteiger partial charge in [-0.1, -0.05) is 39.5 Å². The fraction of sp³-hybridized carbons (Fsp3) is 0.615. The van der Waals surface area contributed by atoms with E-state index in [2.05, 4.69) is 47.4 Å². The maximum absolute atomic E-state index is 4.30. The van der Waals surface area contributed by atoms with E-state index >= 15 is 0 Å². The zero-order chi connectivity index (χ0) is 11.2. The van der Waals surface area contributed by atoms with Gasteiger partial charge in [-0.2, -0.15) is 0 Å². The van der Waals surface area contributed by atoms with Crippen LogP contribution in [0.3, 0.4) is 0 Å². The van der Waals surface area contributed by atoms with Gasteiger partial charge in [-0.15, -0.1) is 7.05 Å². The second kappa shape index (κ2) is 5.35. The summed E-state index contributed by atoms with van der Waals surface area (Å²) in [5.41, 5.74) is 0.333. The minimum absolute atomic E-state index is 0.333. The second-order valence-electron chi connectivity index (χ2n) is 5.22. The highest BCUT2D eigenvalue weighted by Gasteiger charge is 2.21. The monoisotopic (exact) mass is 195 g/mol. The van der Waals surface area contributed by atoms with Crippen LogP contribution in [-0.2, 0) is 0 Å². The van der Waals surface area contributed by atoms with Crippen LogP contribution >= 0.6 is 0 Å². The van der Waals surface area contributed by atoms with Gasteiger partial charge in [0.05, 0.1) is 19.6 Å². The van der Waals surface area contributed by atoms with E-state index in [0.29, 0.717) is 5.41 Å². The van der Waals surface area contributed by atoms with E-state index in [9.17, 15) is 0 Å². The molecule has 0 aromatic heterocycles. The molecule has 0 heterocycles. The van der Waals surface area contributed by atoms with Gasteiger partial charge in [0, 0.05) is 5.41 Å². The van der Waals surface area contributed by atoms with Gasteiger partial charge < -0.3 is 4.48 Å². The first-order valence-corrected chi connectivity index (χ1v) is 5.31. The molecule has 0 aliphatic rings. The molecule has 0 N–H and O–H groups in total. The van der Waals surface area contributed by atoms with Gasteiger partial charge in [-0.25, -0.2) is 0 Å². The molecule has 0 aliphatic heterocycles. The topological polar surface area (TPSA) is 0 Å². The van der Waals surface area contributed by atoms with Gasteiger partial charge in [0.25, 0.3) is 0 Å². The van der Waals surface area contributed by atoms with Crippen molar-refractivity contribution in [2.24, 2.45) is 5.41 Å². The van der Waals surface area contributed by atoms with Crippen LogP contribution in [0.15, 0.2) is 24.8 Å². The lowest BCUT2D eigenvalue weighted by Crippen LogP contribution is -2.47. The molecule has 1 atom stereocenters. The average molecular weight is 195 g/mol. The van der Waals surface area contributed by atoms with E-state index in [1.54, 1.807) is 0 Å². The molecular weight excluding hydrogens is 170 g/mol. The molecule has 1 nitrogen and oxygen atoms in total. The maximum atomic E-state index is 4.30. The van der Waals surface area contributed by atoms with Gasteiger partial charge in [-0.3, -0.25) is 0 Å². The van der Waals surface area contributed by atoms with Crippen molar-refractivity contribution in [3.05, 3.63) is 31.9 Å². The first-order valence-electron chi connectivity index (χ1n) is 5.31. The van der Waals surface area contributed by atoms with Crippen molar-refractivity contribution in [2.45, 2.75) is 27.7 Å². The Morgan fingerprint density at radius 1 is 1.36 bits per heavy atom. The highest BCUT2D eigenvalue weighted by Crippen LogP contribution is 2.20. The van der Waals surface area contributed by atoms with Crippen molar-refractivity contribution in [1.29, 1.82) is 0 Å². The van der Waals surface area contributed by atoms with E-state index in [0.717, 1.165) is 24.1 Å². The molecule has 0 aromatic carbocycles. The summed E-state index contributed by atoms with van der Waals surface area (Å²) in [5, 5.41) is 0. The molecule has 0 saturated carbocycles. The first kappa shape index (κ1) is 13.4. The SMILES string of the molecule is C=CC=CC[N+]([CH2-])(CC)CC(C)(C)C. The number of quaternary nitrogens is 1. The summed E-state index contributed by atoms with van der Waals surface area (Å²) in [7, 11) is 4.30. The Morgan fingerprint density at radius 3 is 2.29 bits per heavy atom. The fourth-order valence-electron chi connectivity index (χ4n) is 1.69. The van der Waals surface area contributed by atoms with Crippen molar-refractivity contribution >= 4 is 0 Å². The van der Waals surface area contributed by atoms with Crippen LogP contribution in [0.5, 0.6) is 0 Å². The number of hydrogen-bond acceptors (Lipinski definition) is 0. The molecule has 0 aliphatic carbocycles. The molecule has 0 radical (unpaired) electrons. The first-order chi connectivity index (χ1) is 6.33. The molecule has 0 spiro atoms. The zero-order valence-corrected chi connectivity index (χ0v) is 10.2. The van der Waals surface area contributed by atoms with Crippen LogP contribution in [0.1, 0.15) is 27.7 Å². The lowest BCUT2D eigenvalue weighted by atomic mass is 9.95. The molecule has 82 valence electrons. The van der Waals surface area contributed by atoms with Crippen LogP contribution in [0, 0.1) is 12.5 Å². The highest BCUT2D eigenvalue weighted by molar-refractivity contribution is 4.97. The second-order valence-corrected chi connectivity index (χ2v) is 5.22. The van der Waals surface area contributed by atoms with E-state index in [-0.39, 0.29) is 0 Å². The van der Waals surface area contributed by atoms with Gasteiger partial charge in [0.2, 0.25) is 0 Å². The standard InChI is InChI=1S/C13H25N/c1-7-9-10-11-14(6,8-2)12-13(3,4)5/h7,9-10H,1,6,8,11-12H2,2-5H3. The zero-order valence-electron chi connectivity index (χ0n) is 10.2. The van der Waals surface area contributed by atoms with E-state index in [4.69, 9.17) is 0 Å². The Morgan fingerprint density at radius 2 is 1.93 bits per heavy atom. The number of likely N-dealkylation sites (N-methyl/N-ethyl adjacent to an activating group) is 1. The Bertz CT molecular complexity index is 198. The highest BCUT2D eigenvalue weighted by atomic mass is 15.3. The van der Waals surface area contributed by atoms with E-state index < -0.39 is 0 Å². The molecule has 1 heteroatoms. The molecule has 0 bridgehead atoms. The third kappa shape index (κ3) is 5.98. The molecular formula is C13H25N. The van der Waals surface area contributed by atoms with Crippen LogP contribution in [0.2, 0.25) is 0 Å². The molecule has 14 heavy (non-hydrogen) atoms. The van der Waals surface area contributed by atoms with Crippen molar-refractivity contribution < 1.29 is 4.48 Å². The fourth-order valence-corrected chi connectivity index (χ4v) is 1.69. The number of hydrogen-bond donors (Lipinski definition) is 0. The van der Waals surface area contributed by atoms with E-state index in [1.165, 1.54) is 0 Å². The minimum atomic E-state index is 0.333. The third-order valence-electron chi connectivity index (χ3n) is 2.25. The smallest absolute Gasteiger partial charge is 0.0735 e. The van der Waals surface area contributed by atoms with E-state index in [1.807, 2.05) is 12.2 Å². The molecule has 1 unspecified atom stereocenters. The van der Waals surface area contributed by atoms with Crippen LogP contribution in [-0.4, -0.2) is 24.1 Å². The maximum Gasteiger partial charge on any atom is 0.0735 e.